The number of carboxylic acid groups (broad SMARTS) is 1. The number of aliphatic carboxylic acids is 1. The summed E-state index contributed by atoms with van der Waals surface area (Å²) in [4.78, 5) is 14.5. The molecule has 1 atom stereocenters. The van der Waals surface area contributed by atoms with Crippen LogP contribution >= 0.6 is 0 Å². The van der Waals surface area contributed by atoms with Crippen LogP contribution in [0.1, 0.15) is 5.56 Å². The van der Waals surface area contributed by atoms with Crippen LogP contribution in [0, 0.1) is 0 Å². The maximum absolute atomic E-state index is 10.6. The molecule has 2 N–H and O–H groups in total. The zero-order valence-electron chi connectivity index (χ0n) is 6.77. The number of nitrogens with one attached hydrogen (secondary N) is 1. The number of fused-ring (bicyclic) bond motifs is 1. The minimum Gasteiger partial charge on any atom is -0.479 e. The third-order valence-corrected chi connectivity index (χ3v) is 1.90. The number of pyridine rings is 1. The summed E-state index contributed by atoms with van der Waals surface area (Å²) < 4.78 is 0. The highest BCUT2D eigenvalue weighted by Gasteiger charge is 2.17. The smallest absolute Gasteiger partial charge is 0.330 e. The second kappa shape index (κ2) is 2.90. The molecule has 0 amide bonds. The molecule has 1 aromatic heterocycles. The van der Waals surface area contributed by atoms with E-state index in [0.29, 0.717) is 0 Å². The molecule has 2 heterocycles. The van der Waals surface area contributed by atoms with E-state index in [9.17, 15) is 4.79 Å². The minimum absolute atomic E-state index is 0.642. The fraction of sp³-hybridized carbons (Fsp3) is 0.111. The summed E-state index contributed by atoms with van der Waals surface area (Å²) in [6.45, 7) is 0. The molecule has 0 spiro atoms. The van der Waals surface area contributed by atoms with Crippen molar-refractivity contribution < 1.29 is 9.90 Å². The summed E-state index contributed by atoms with van der Waals surface area (Å²) in [6, 6.07) is 1.19. The minimum atomic E-state index is -0.884. The van der Waals surface area contributed by atoms with Gasteiger partial charge in [0.25, 0.3) is 0 Å². The lowest BCUT2D eigenvalue weighted by molar-refractivity contribution is -0.136. The van der Waals surface area contributed by atoms with Crippen molar-refractivity contribution in [3.8, 4) is 0 Å². The lowest BCUT2D eigenvalue weighted by atomic mass is 10.1. The topological polar surface area (TPSA) is 62.2 Å². The first kappa shape index (κ1) is 7.79. The van der Waals surface area contributed by atoms with Crippen LogP contribution in [0.15, 0.2) is 24.5 Å². The van der Waals surface area contributed by atoms with E-state index in [1.54, 1.807) is 24.5 Å². The Morgan fingerprint density at radius 2 is 2.46 bits per heavy atom. The standard InChI is InChI=1S/C9H8N2O2/c12-9(13)7-2-1-6-3-4-10-5-8(6)11-7/h1-5,7,11H,(H,12,13). The van der Waals surface area contributed by atoms with E-state index in [2.05, 4.69) is 10.3 Å². The molecule has 1 aliphatic rings. The number of anilines is 1. The van der Waals surface area contributed by atoms with Crippen LogP contribution in [0.5, 0.6) is 0 Å². The number of aromatic nitrogens is 1. The average Bonchev–Trinajstić information content (AvgIpc) is 2.17. The lowest BCUT2D eigenvalue weighted by Crippen LogP contribution is -2.28. The van der Waals surface area contributed by atoms with Crippen molar-refractivity contribution in [2.24, 2.45) is 0 Å². The molecule has 66 valence electrons. The number of carbonyl (C=O) groups is 1. The van der Waals surface area contributed by atoms with E-state index in [1.807, 2.05) is 6.07 Å². The summed E-state index contributed by atoms with van der Waals surface area (Å²) in [5.41, 5.74) is 1.73. The fourth-order valence-corrected chi connectivity index (χ4v) is 1.23. The zero-order chi connectivity index (χ0) is 9.26. The van der Waals surface area contributed by atoms with Crippen LogP contribution in [0.3, 0.4) is 0 Å². The van der Waals surface area contributed by atoms with Crippen LogP contribution in [0.2, 0.25) is 0 Å². The highest BCUT2D eigenvalue weighted by Crippen LogP contribution is 2.20. The van der Waals surface area contributed by atoms with Gasteiger partial charge in [0.1, 0.15) is 6.04 Å². The first-order valence-corrected chi connectivity index (χ1v) is 3.89. The molecule has 0 radical (unpaired) electrons. The number of carboxylic acids is 1. The van der Waals surface area contributed by atoms with Gasteiger partial charge in [-0.05, 0) is 6.07 Å². The molecule has 0 saturated heterocycles. The van der Waals surface area contributed by atoms with Crippen molar-refractivity contribution in [2.75, 3.05) is 5.32 Å². The Labute approximate surface area is 74.9 Å². The first-order valence-electron chi connectivity index (χ1n) is 3.89. The molecule has 1 aliphatic heterocycles. The summed E-state index contributed by atoms with van der Waals surface area (Å²) in [7, 11) is 0. The summed E-state index contributed by atoms with van der Waals surface area (Å²) in [5.74, 6) is -0.884. The van der Waals surface area contributed by atoms with Gasteiger partial charge >= 0.3 is 5.97 Å². The number of rotatable bonds is 1. The molecule has 13 heavy (non-hydrogen) atoms. The molecule has 1 unspecified atom stereocenters. The maximum atomic E-state index is 10.6. The normalized spacial score (nSPS) is 18.9. The Kier molecular flexibility index (Phi) is 1.73. The Morgan fingerprint density at radius 3 is 3.23 bits per heavy atom. The Balaban J connectivity index is 2.34. The third-order valence-electron chi connectivity index (χ3n) is 1.90. The maximum Gasteiger partial charge on any atom is 0.330 e. The van der Waals surface area contributed by atoms with E-state index < -0.39 is 12.0 Å². The highest BCUT2D eigenvalue weighted by atomic mass is 16.4. The quantitative estimate of drug-likeness (QED) is 0.669. The van der Waals surface area contributed by atoms with Gasteiger partial charge < -0.3 is 10.4 Å². The molecule has 0 saturated carbocycles. The molecule has 1 aromatic rings. The van der Waals surface area contributed by atoms with Gasteiger partial charge in [0.2, 0.25) is 0 Å². The average molecular weight is 176 g/mol. The predicted octanol–water partition coefficient (Wildman–Crippen LogP) is 0.973. The molecule has 0 aliphatic carbocycles. The van der Waals surface area contributed by atoms with Gasteiger partial charge in [0.15, 0.2) is 0 Å². The van der Waals surface area contributed by atoms with Gasteiger partial charge in [-0.2, -0.15) is 0 Å². The Morgan fingerprint density at radius 1 is 1.62 bits per heavy atom. The number of nitrogens with zero attached hydrogens (tertiary/aromatic N) is 1. The predicted molar refractivity (Wildman–Crippen MR) is 48.3 cm³/mol. The Hall–Kier alpha value is -1.84. The summed E-state index contributed by atoms with van der Waals surface area (Å²) in [6.07, 6.45) is 6.69. The van der Waals surface area contributed by atoms with Crippen LogP contribution in [-0.2, 0) is 4.79 Å². The highest BCUT2D eigenvalue weighted by molar-refractivity contribution is 5.85. The van der Waals surface area contributed by atoms with E-state index in [1.165, 1.54) is 0 Å². The van der Waals surface area contributed by atoms with Crippen molar-refractivity contribution in [3.05, 3.63) is 30.1 Å². The molecular formula is C9H8N2O2. The fourth-order valence-electron chi connectivity index (χ4n) is 1.23. The van der Waals surface area contributed by atoms with Crippen molar-refractivity contribution >= 4 is 17.7 Å². The molecule has 0 bridgehead atoms. The first-order chi connectivity index (χ1) is 6.27. The SMILES string of the molecule is O=C(O)C1C=Cc2ccncc2N1. The van der Waals surface area contributed by atoms with Gasteiger partial charge in [0, 0.05) is 11.8 Å². The molecule has 0 aromatic carbocycles. The molecule has 2 rings (SSSR count). The van der Waals surface area contributed by atoms with E-state index >= 15 is 0 Å². The molecule has 0 fully saturated rings. The van der Waals surface area contributed by atoms with Crippen LogP contribution in [0.25, 0.3) is 6.08 Å². The zero-order valence-corrected chi connectivity index (χ0v) is 6.77. The Bertz CT molecular complexity index is 374. The molecule has 4 heteroatoms. The van der Waals surface area contributed by atoms with E-state index in [-0.39, 0.29) is 0 Å². The molecular weight excluding hydrogens is 168 g/mol. The largest absolute Gasteiger partial charge is 0.479 e. The second-order valence-electron chi connectivity index (χ2n) is 2.78. The van der Waals surface area contributed by atoms with Crippen molar-refractivity contribution in [2.45, 2.75) is 6.04 Å². The third kappa shape index (κ3) is 1.38. The molecule has 4 nitrogen and oxygen atoms in total. The van der Waals surface area contributed by atoms with Crippen molar-refractivity contribution in [1.29, 1.82) is 0 Å². The van der Waals surface area contributed by atoms with Crippen molar-refractivity contribution in [3.63, 3.8) is 0 Å². The van der Waals surface area contributed by atoms with E-state index in [0.717, 1.165) is 11.3 Å². The summed E-state index contributed by atoms with van der Waals surface area (Å²) in [5, 5.41) is 11.6. The van der Waals surface area contributed by atoms with Gasteiger partial charge in [-0.15, -0.1) is 0 Å². The monoisotopic (exact) mass is 176 g/mol. The number of hydrogen-bond acceptors (Lipinski definition) is 3. The van der Waals surface area contributed by atoms with Gasteiger partial charge in [-0.1, -0.05) is 12.2 Å². The van der Waals surface area contributed by atoms with E-state index in [4.69, 9.17) is 5.11 Å². The van der Waals surface area contributed by atoms with Gasteiger partial charge in [0.05, 0.1) is 11.9 Å². The second-order valence-corrected chi connectivity index (χ2v) is 2.78. The number of hydrogen-bond donors (Lipinski definition) is 2. The lowest BCUT2D eigenvalue weighted by Gasteiger charge is -2.17. The van der Waals surface area contributed by atoms with Gasteiger partial charge in [-0.25, -0.2) is 4.79 Å². The van der Waals surface area contributed by atoms with Gasteiger partial charge in [-0.3, -0.25) is 4.98 Å². The van der Waals surface area contributed by atoms with Crippen molar-refractivity contribution in [1.82, 2.24) is 4.98 Å². The van der Waals surface area contributed by atoms with Crippen LogP contribution < -0.4 is 5.32 Å². The van der Waals surface area contributed by atoms with Crippen LogP contribution in [-0.4, -0.2) is 22.1 Å². The van der Waals surface area contributed by atoms with Crippen LogP contribution in [0.4, 0.5) is 5.69 Å². The summed E-state index contributed by atoms with van der Waals surface area (Å²) >= 11 is 0.